The van der Waals surface area contributed by atoms with Gasteiger partial charge < -0.3 is 14.5 Å². The molecular weight excluding hydrogens is 368 g/mol. The van der Waals surface area contributed by atoms with Gasteiger partial charge in [0.05, 0.1) is 5.69 Å². The Kier molecular flexibility index (Phi) is 5.41. The molecule has 1 fully saturated rings. The maximum atomic E-state index is 12.3. The van der Waals surface area contributed by atoms with Crippen LogP contribution in [0.1, 0.15) is 5.56 Å². The molecule has 0 bridgehead atoms. The molecule has 0 spiro atoms. The number of rotatable bonds is 4. The van der Waals surface area contributed by atoms with Crippen LogP contribution in [-0.2, 0) is 4.79 Å². The van der Waals surface area contributed by atoms with Crippen LogP contribution in [0.15, 0.2) is 53.0 Å². The standard InChI is InChI=1S/C19H21BrN2O2/c1-15-7-8-18(17(20)13-15)21-9-11-22(12-10-21)19(23)14-24-16-5-3-2-4-6-16/h2-8,13H,9-12,14H2,1H3. The first-order chi connectivity index (χ1) is 11.6. The molecule has 2 aromatic rings. The fraction of sp³-hybridized carbons (Fsp3) is 0.316. The monoisotopic (exact) mass is 388 g/mol. The molecule has 1 aliphatic heterocycles. The highest BCUT2D eigenvalue weighted by Crippen LogP contribution is 2.28. The van der Waals surface area contributed by atoms with Crippen LogP contribution in [0.25, 0.3) is 0 Å². The highest BCUT2D eigenvalue weighted by atomic mass is 79.9. The fourth-order valence-corrected chi connectivity index (χ4v) is 3.56. The maximum Gasteiger partial charge on any atom is 0.260 e. The number of nitrogens with zero attached hydrogens (tertiary/aromatic N) is 2. The summed E-state index contributed by atoms with van der Waals surface area (Å²) in [5.41, 5.74) is 2.42. The van der Waals surface area contributed by atoms with Gasteiger partial charge in [0.2, 0.25) is 0 Å². The van der Waals surface area contributed by atoms with Crippen LogP contribution in [0.2, 0.25) is 0 Å². The van der Waals surface area contributed by atoms with Gasteiger partial charge in [0.25, 0.3) is 5.91 Å². The number of carbonyl (C=O) groups is 1. The first kappa shape index (κ1) is 16.8. The summed E-state index contributed by atoms with van der Waals surface area (Å²) in [5, 5.41) is 0. The summed E-state index contributed by atoms with van der Waals surface area (Å²) in [6.07, 6.45) is 0. The second-order valence-electron chi connectivity index (χ2n) is 5.92. The highest BCUT2D eigenvalue weighted by molar-refractivity contribution is 9.10. The van der Waals surface area contributed by atoms with E-state index in [1.54, 1.807) is 0 Å². The SMILES string of the molecule is Cc1ccc(N2CCN(C(=O)COc3ccccc3)CC2)c(Br)c1. The molecule has 1 heterocycles. The topological polar surface area (TPSA) is 32.8 Å². The molecule has 126 valence electrons. The molecule has 3 rings (SSSR count). The predicted molar refractivity (Wildman–Crippen MR) is 99.6 cm³/mol. The zero-order chi connectivity index (χ0) is 16.9. The van der Waals surface area contributed by atoms with E-state index in [9.17, 15) is 4.79 Å². The third-order valence-corrected chi connectivity index (χ3v) is 4.82. The molecule has 1 amide bonds. The Labute approximate surface area is 151 Å². The molecule has 0 N–H and O–H groups in total. The molecule has 2 aromatic carbocycles. The van der Waals surface area contributed by atoms with Crippen LogP contribution in [0.4, 0.5) is 5.69 Å². The average molecular weight is 389 g/mol. The lowest BCUT2D eigenvalue weighted by atomic mass is 10.2. The van der Waals surface area contributed by atoms with Crippen molar-refractivity contribution in [2.45, 2.75) is 6.92 Å². The van der Waals surface area contributed by atoms with Crippen molar-refractivity contribution in [1.82, 2.24) is 4.90 Å². The molecule has 4 nitrogen and oxygen atoms in total. The van der Waals surface area contributed by atoms with Gasteiger partial charge in [0.1, 0.15) is 5.75 Å². The van der Waals surface area contributed by atoms with E-state index in [4.69, 9.17) is 4.74 Å². The summed E-state index contributed by atoms with van der Waals surface area (Å²) in [7, 11) is 0. The number of anilines is 1. The third-order valence-electron chi connectivity index (χ3n) is 4.18. The summed E-state index contributed by atoms with van der Waals surface area (Å²) in [4.78, 5) is 16.5. The van der Waals surface area contributed by atoms with Crippen LogP contribution in [-0.4, -0.2) is 43.6 Å². The fourth-order valence-electron chi connectivity index (χ4n) is 2.82. The maximum absolute atomic E-state index is 12.3. The van der Waals surface area contributed by atoms with Crippen molar-refractivity contribution >= 4 is 27.5 Å². The molecule has 0 saturated carbocycles. The van der Waals surface area contributed by atoms with E-state index < -0.39 is 0 Å². The molecule has 5 heteroatoms. The van der Waals surface area contributed by atoms with E-state index in [-0.39, 0.29) is 12.5 Å². The zero-order valence-corrected chi connectivity index (χ0v) is 15.3. The second-order valence-corrected chi connectivity index (χ2v) is 6.78. The molecule has 0 aromatic heterocycles. The van der Waals surface area contributed by atoms with Crippen molar-refractivity contribution in [1.29, 1.82) is 0 Å². The number of carbonyl (C=O) groups excluding carboxylic acids is 1. The Hall–Kier alpha value is -2.01. The minimum Gasteiger partial charge on any atom is -0.484 e. The Morgan fingerprint density at radius 1 is 1.08 bits per heavy atom. The predicted octanol–water partition coefficient (Wildman–Crippen LogP) is 3.49. The van der Waals surface area contributed by atoms with Crippen LogP contribution >= 0.6 is 15.9 Å². The van der Waals surface area contributed by atoms with Crippen LogP contribution in [0.3, 0.4) is 0 Å². The quantitative estimate of drug-likeness (QED) is 0.803. The van der Waals surface area contributed by atoms with Gasteiger partial charge in [-0.2, -0.15) is 0 Å². The van der Waals surface area contributed by atoms with Gasteiger partial charge in [-0.05, 0) is 52.7 Å². The largest absolute Gasteiger partial charge is 0.484 e. The van der Waals surface area contributed by atoms with Gasteiger partial charge in [0.15, 0.2) is 6.61 Å². The molecule has 1 aliphatic rings. The number of amides is 1. The van der Waals surface area contributed by atoms with Crippen molar-refractivity contribution in [3.05, 3.63) is 58.6 Å². The molecule has 1 saturated heterocycles. The van der Waals surface area contributed by atoms with Gasteiger partial charge in [-0.1, -0.05) is 24.3 Å². The van der Waals surface area contributed by atoms with Crippen molar-refractivity contribution in [2.24, 2.45) is 0 Å². The normalized spacial score (nSPS) is 14.6. The minimum absolute atomic E-state index is 0.0430. The number of para-hydroxylation sites is 1. The molecule has 0 aliphatic carbocycles. The average Bonchev–Trinajstić information content (AvgIpc) is 2.61. The van der Waals surface area contributed by atoms with Crippen molar-refractivity contribution in [3.63, 3.8) is 0 Å². The van der Waals surface area contributed by atoms with Crippen LogP contribution in [0.5, 0.6) is 5.75 Å². The lowest BCUT2D eigenvalue weighted by Crippen LogP contribution is -2.50. The Bertz CT molecular complexity index is 698. The van der Waals surface area contributed by atoms with Gasteiger partial charge in [-0.3, -0.25) is 4.79 Å². The number of hydrogen-bond donors (Lipinski definition) is 0. The first-order valence-electron chi connectivity index (χ1n) is 8.10. The number of hydrogen-bond acceptors (Lipinski definition) is 3. The molecule has 0 radical (unpaired) electrons. The van der Waals surface area contributed by atoms with E-state index >= 15 is 0 Å². The van der Waals surface area contributed by atoms with Gasteiger partial charge in [-0.25, -0.2) is 0 Å². The third kappa shape index (κ3) is 4.09. The summed E-state index contributed by atoms with van der Waals surface area (Å²) in [5.74, 6) is 0.773. The second kappa shape index (κ2) is 7.71. The van der Waals surface area contributed by atoms with E-state index in [1.165, 1.54) is 11.3 Å². The Morgan fingerprint density at radius 2 is 1.79 bits per heavy atom. The van der Waals surface area contributed by atoms with E-state index in [0.717, 1.165) is 36.4 Å². The van der Waals surface area contributed by atoms with Gasteiger partial charge >= 0.3 is 0 Å². The van der Waals surface area contributed by atoms with Crippen LogP contribution < -0.4 is 9.64 Å². The van der Waals surface area contributed by atoms with E-state index in [2.05, 4.69) is 46.0 Å². The lowest BCUT2D eigenvalue weighted by molar-refractivity contribution is -0.133. The number of benzene rings is 2. The highest BCUT2D eigenvalue weighted by Gasteiger charge is 2.22. The van der Waals surface area contributed by atoms with Crippen molar-refractivity contribution in [3.8, 4) is 5.75 Å². The number of ether oxygens (including phenoxy) is 1. The molecule has 24 heavy (non-hydrogen) atoms. The Morgan fingerprint density at radius 3 is 2.46 bits per heavy atom. The number of piperazine rings is 1. The summed E-state index contributed by atoms with van der Waals surface area (Å²) >= 11 is 3.64. The summed E-state index contributed by atoms with van der Waals surface area (Å²) < 4.78 is 6.66. The molecular formula is C19H21BrN2O2. The van der Waals surface area contributed by atoms with Crippen molar-refractivity contribution < 1.29 is 9.53 Å². The molecule has 0 unspecified atom stereocenters. The van der Waals surface area contributed by atoms with E-state index in [1.807, 2.05) is 35.2 Å². The smallest absolute Gasteiger partial charge is 0.260 e. The first-order valence-corrected chi connectivity index (χ1v) is 8.89. The summed E-state index contributed by atoms with van der Waals surface area (Å²) in [6.45, 7) is 5.28. The van der Waals surface area contributed by atoms with Crippen molar-refractivity contribution in [2.75, 3.05) is 37.7 Å². The number of halogens is 1. The lowest BCUT2D eigenvalue weighted by Gasteiger charge is -2.36. The zero-order valence-electron chi connectivity index (χ0n) is 13.7. The van der Waals surface area contributed by atoms with Gasteiger partial charge in [0, 0.05) is 30.7 Å². The summed E-state index contributed by atoms with van der Waals surface area (Å²) in [6, 6.07) is 15.8. The molecule has 0 atom stereocenters. The van der Waals surface area contributed by atoms with E-state index in [0.29, 0.717) is 0 Å². The number of aryl methyl sites for hydroxylation is 1. The minimum atomic E-state index is 0.0430. The van der Waals surface area contributed by atoms with Crippen LogP contribution in [0, 0.1) is 6.92 Å². The van der Waals surface area contributed by atoms with Gasteiger partial charge in [-0.15, -0.1) is 0 Å². The Balaban J connectivity index is 1.52.